The van der Waals surface area contributed by atoms with Crippen molar-refractivity contribution >= 4 is 11.6 Å². The van der Waals surface area contributed by atoms with Crippen molar-refractivity contribution < 1.29 is 0 Å². The van der Waals surface area contributed by atoms with Crippen LogP contribution in [0.3, 0.4) is 0 Å². The summed E-state index contributed by atoms with van der Waals surface area (Å²) in [6.45, 7) is 1.93. The molecule has 0 atom stereocenters. The number of nitrogens with zero attached hydrogens (tertiary/aromatic N) is 4. The van der Waals surface area contributed by atoms with Gasteiger partial charge >= 0.3 is 0 Å². The molecule has 108 valence electrons. The van der Waals surface area contributed by atoms with Gasteiger partial charge in [-0.15, -0.1) is 5.10 Å². The SMILES string of the molecule is Cc1c(Cl)cccc1-n1nnc(C#N)c1Cc1ccccc1. The van der Waals surface area contributed by atoms with Gasteiger partial charge in [-0.1, -0.05) is 53.2 Å². The Morgan fingerprint density at radius 2 is 1.91 bits per heavy atom. The van der Waals surface area contributed by atoms with Crippen molar-refractivity contribution in [1.29, 1.82) is 5.26 Å². The second kappa shape index (κ2) is 6.00. The molecular formula is C17H13ClN4. The maximum atomic E-state index is 9.29. The molecule has 0 aliphatic heterocycles. The quantitative estimate of drug-likeness (QED) is 0.741. The molecule has 0 N–H and O–H groups in total. The summed E-state index contributed by atoms with van der Waals surface area (Å²) in [6.07, 6.45) is 0.586. The van der Waals surface area contributed by atoms with Crippen LogP contribution in [0.5, 0.6) is 0 Å². The number of hydrogen-bond donors (Lipinski definition) is 0. The molecule has 22 heavy (non-hydrogen) atoms. The van der Waals surface area contributed by atoms with Crippen LogP contribution in [0.25, 0.3) is 5.69 Å². The van der Waals surface area contributed by atoms with Crippen LogP contribution in [-0.2, 0) is 6.42 Å². The van der Waals surface area contributed by atoms with Crippen molar-refractivity contribution in [2.24, 2.45) is 0 Å². The molecule has 0 bridgehead atoms. The zero-order chi connectivity index (χ0) is 15.5. The standard InChI is InChI=1S/C17H13ClN4/c1-12-14(18)8-5-9-16(12)22-17(15(11-19)20-21-22)10-13-6-3-2-4-7-13/h2-9H,10H2,1H3. The monoisotopic (exact) mass is 308 g/mol. The zero-order valence-corrected chi connectivity index (χ0v) is 12.7. The molecule has 2 aromatic carbocycles. The first-order valence-electron chi connectivity index (χ1n) is 6.85. The van der Waals surface area contributed by atoms with Crippen LogP contribution in [0.1, 0.15) is 22.5 Å². The predicted octanol–water partition coefficient (Wildman–Crippen LogP) is 3.69. The minimum atomic E-state index is 0.336. The van der Waals surface area contributed by atoms with Crippen molar-refractivity contribution in [3.05, 3.63) is 76.1 Å². The van der Waals surface area contributed by atoms with E-state index in [1.807, 2.05) is 55.5 Å². The molecule has 0 saturated carbocycles. The lowest BCUT2D eigenvalue weighted by molar-refractivity contribution is 0.768. The fraction of sp³-hybridized carbons (Fsp3) is 0.118. The van der Waals surface area contributed by atoms with Gasteiger partial charge in [0.05, 0.1) is 11.4 Å². The molecular weight excluding hydrogens is 296 g/mol. The molecule has 1 heterocycles. The average molecular weight is 309 g/mol. The van der Waals surface area contributed by atoms with Crippen LogP contribution in [0.4, 0.5) is 0 Å². The zero-order valence-electron chi connectivity index (χ0n) is 12.0. The van der Waals surface area contributed by atoms with Gasteiger partial charge in [0.2, 0.25) is 0 Å². The maximum Gasteiger partial charge on any atom is 0.186 e. The van der Waals surface area contributed by atoms with E-state index in [4.69, 9.17) is 11.6 Å². The molecule has 4 nitrogen and oxygen atoms in total. The second-order valence-electron chi connectivity index (χ2n) is 4.95. The highest BCUT2D eigenvalue weighted by molar-refractivity contribution is 6.31. The van der Waals surface area contributed by atoms with E-state index in [1.54, 1.807) is 4.68 Å². The van der Waals surface area contributed by atoms with Gasteiger partial charge in [0.25, 0.3) is 0 Å². The van der Waals surface area contributed by atoms with E-state index in [0.717, 1.165) is 22.5 Å². The Labute approximate surface area is 133 Å². The summed E-state index contributed by atoms with van der Waals surface area (Å²) in [5, 5.41) is 18.1. The molecule has 0 amide bonds. The summed E-state index contributed by atoms with van der Waals surface area (Å²) < 4.78 is 1.70. The van der Waals surface area contributed by atoms with Crippen LogP contribution in [0, 0.1) is 18.3 Å². The predicted molar refractivity (Wildman–Crippen MR) is 85.1 cm³/mol. The van der Waals surface area contributed by atoms with E-state index < -0.39 is 0 Å². The molecule has 0 aliphatic rings. The molecule has 0 spiro atoms. The van der Waals surface area contributed by atoms with Gasteiger partial charge < -0.3 is 0 Å². The lowest BCUT2D eigenvalue weighted by Crippen LogP contribution is -2.06. The van der Waals surface area contributed by atoms with Crippen LogP contribution < -0.4 is 0 Å². The molecule has 1 aromatic heterocycles. The van der Waals surface area contributed by atoms with E-state index >= 15 is 0 Å². The summed E-state index contributed by atoms with van der Waals surface area (Å²) in [6, 6.07) is 17.7. The maximum absolute atomic E-state index is 9.29. The van der Waals surface area contributed by atoms with Crippen LogP contribution in [-0.4, -0.2) is 15.0 Å². The van der Waals surface area contributed by atoms with Crippen molar-refractivity contribution in [3.63, 3.8) is 0 Å². The number of hydrogen-bond acceptors (Lipinski definition) is 3. The third kappa shape index (κ3) is 2.59. The van der Waals surface area contributed by atoms with E-state index in [1.165, 1.54) is 0 Å². The Morgan fingerprint density at radius 1 is 1.14 bits per heavy atom. The highest BCUT2D eigenvalue weighted by Crippen LogP contribution is 2.24. The van der Waals surface area contributed by atoms with Gasteiger partial charge in [-0.25, -0.2) is 4.68 Å². The Balaban J connectivity index is 2.12. The van der Waals surface area contributed by atoms with Gasteiger partial charge in [-0.05, 0) is 30.2 Å². The minimum absolute atomic E-state index is 0.336. The minimum Gasteiger partial charge on any atom is -0.216 e. The molecule has 0 saturated heterocycles. The lowest BCUT2D eigenvalue weighted by Gasteiger charge is -2.10. The first-order chi connectivity index (χ1) is 10.7. The number of benzene rings is 2. The molecule has 0 aliphatic carbocycles. The Bertz CT molecular complexity index is 847. The molecule has 0 radical (unpaired) electrons. The molecule has 0 unspecified atom stereocenters. The fourth-order valence-electron chi connectivity index (χ4n) is 2.36. The van der Waals surface area contributed by atoms with Gasteiger partial charge in [0, 0.05) is 11.4 Å². The first-order valence-corrected chi connectivity index (χ1v) is 7.22. The van der Waals surface area contributed by atoms with Gasteiger partial charge in [-0.2, -0.15) is 5.26 Å². The van der Waals surface area contributed by atoms with Crippen molar-refractivity contribution in [2.45, 2.75) is 13.3 Å². The van der Waals surface area contributed by atoms with Crippen molar-refractivity contribution in [2.75, 3.05) is 0 Å². The first kappa shape index (κ1) is 14.3. The van der Waals surface area contributed by atoms with E-state index in [0.29, 0.717) is 17.1 Å². The van der Waals surface area contributed by atoms with Crippen LogP contribution in [0.2, 0.25) is 5.02 Å². The smallest absolute Gasteiger partial charge is 0.186 e. The molecule has 3 aromatic rings. The number of nitriles is 1. The summed E-state index contributed by atoms with van der Waals surface area (Å²) in [4.78, 5) is 0. The Morgan fingerprint density at radius 3 is 2.64 bits per heavy atom. The summed E-state index contributed by atoms with van der Waals surface area (Å²) >= 11 is 6.19. The highest BCUT2D eigenvalue weighted by atomic mass is 35.5. The van der Waals surface area contributed by atoms with Crippen LogP contribution in [0.15, 0.2) is 48.5 Å². The molecule has 3 rings (SSSR count). The molecule has 5 heteroatoms. The number of rotatable bonds is 3. The van der Waals surface area contributed by atoms with E-state index in [-0.39, 0.29) is 0 Å². The largest absolute Gasteiger partial charge is 0.216 e. The van der Waals surface area contributed by atoms with Crippen molar-refractivity contribution in [1.82, 2.24) is 15.0 Å². The number of aromatic nitrogens is 3. The van der Waals surface area contributed by atoms with Gasteiger partial charge in [0.1, 0.15) is 6.07 Å². The van der Waals surface area contributed by atoms with Gasteiger partial charge in [0.15, 0.2) is 5.69 Å². The third-order valence-electron chi connectivity index (χ3n) is 3.55. The van der Waals surface area contributed by atoms with E-state index in [9.17, 15) is 5.26 Å². The normalized spacial score (nSPS) is 10.4. The van der Waals surface area contributed by atoms with E-state index in [2.05, 4.69) is 16.4 Å². The highest BCUT2D eigenvalue weighted by Gasteiger charge is 2.16. The summed E-state index contributed by atoms with van der Waals surface area (Å²) in [7, 11) is 0. The van der Waals surface area contributed by atoms with Crippen LogP contribution >= 0.6 is 11.6 Å². The summed E-state index contributed by atoms with van der Waals surface area (Å²) in [5.41, 5.74) is 3.95. The Kier molecular flexibility index (Phi) is 3.90. The topological polar surface area (TPSA) is 54.5 Å². The molecule has 0 fully saturated rings. The third-order valence-corrected chi connectivity index (χ3v) is 3.96. The lowest BCUT2D eigenvalue weighted by atomic mass is 10.1. The van der Waals surface area contributed by atoms with Crippen molar-refractivity contribution in [3.8, 4) is 11.8 Å². The summed E-state index contributed by atoms with van der Waals surface area (Å²) in [5.74, 6) is 0. The Hall–Kier alpha value is -2.64. The fourth-order valence-corrected chi connectivity index (χ4v) is 2.52. The second-order valence-corrected chi connectivity index (χ2v) is 5.36. The van der Waals surface area contributed by atoms with Gasteiger partial charge in [-0.3, -0.25) is 0 Å². The number of halogens is 1. The average Bonchev–Trinajstić information content (AvgIpc) is 2.93.